The van der Waals surface area contributed by atoms with Crippen LogP contribution in [0, 0.1) is 0 Å². The lowest BCUT2D eigenvalue weighted by molar-refractivity contribution is 0.305. The monoisotopic (exact) mass is 230 g/mol. The van der Waals surface area contributed by atoms with Crippen molar-refractivity contribution in [3.8, 4) is 17.1 Å². The van der Waals surface area contributed by atoms with Crippen molar-refractivity contribution >= 4 is 0 Å². The summed E-state index contributed by atoms with van der Waals surface area (Å²) in [7, 11) is 0. The van der Waals surface area contributed by atoms with Gasteiger partial charge in [0.1, 0.15) is 5.75 Å². The summed E-state index contributed by atoms with van der Waals surface area (Å²) in [6, 6.07) is 7.91. The third-order valence-corrected chi connectivity index (χ3v) is 2.63. The van der Waals surface area contributed by atoms with Crippen LogP contribution in [-0.2, 0) is 0 Å². The van der Waals surface area contributed by atoms with Crippen LogP contribution in [0.5, 0.6) is 5.75 Å². The summed E-state index contributed by atoms with van der Waals surface area (Å²) in [5, 5.41) is 0. The smallest absolute Gasteiger partial charge is 0.137 e. The molecule has 0 unspecified atom stereocenters. The van der Waals surface area contributed by atoms with E-state index in [1.54, 1.807) is 6.20 Å². The Labute approximate surface area is 102 Å². The number of nitrogens with zero attached hydrogens (tertiary/aromatic N) is 1. The zero-order valence-electron chi connectivity index (χ0n) is 10.1. The van der Waals surface area contributed by atoms with Crippen LogP contribution in [0.25, 0.3) is 11.4 Å². The Morgan fingerprint density at radius 1 is 1.24 bits per heavy atom. The molecule has 0 bridgehead atoms. The molecule has 3 nitrogen and oxygen atoms in total. The zero-order chi connectivity index (χ0) is 11.9. The molecule has 0 amide bonds. The quantitative estimate of drug-likeness (QED) is 0.769. The number of hydrogen-bond acceptors (Lipinski definition) is 2. The predicted octanol–water partition coefficient (Wildman–Crippen LogP) is 3.65. The van der Waals surface area contributed by atoms with E-state index < -0.39 is 0 Å². The van der Waals surface area contributed by atoms with Crippen LogP contribution in [0.2, 0.25) is 0 Å². The van der Waals surface area contributed by atoms with Gasteiger partial charge in [-0.25, -0.2) is 0 Å². The van der Waals surface area contributed by atoms with E-state index in [1.807, 2.05) is 30.5 Å². The third kappa shape index (κ3) is 3.34. The van der Waals surface area contributed by atoms with E-state index in [-0.39, 0.29) is 0 Å². The Balaban J connectivity index is 1.90. The van der Waals surface area contributed by atoms with E-state index in [9.17, 15) is 0 Å². The third-order valence-electron chi connectivity index (χ3n) is 2.63. The highest BCUT2D eigenvalue weighted by atomic mass is 16.5. The maximum atomic E-state index is 5.61. The van der Waals surface area contributed by atoms with Gasteiger partial charge in [-0.05, 0) is 30.7 Å². The van der Waals surface area contributed by atoms with Crippen LogP contribution in [0.4, 0.5) is 0 Å². The summed E-state index contributed by atoms with van der Waals surface area (Å²) in [5.41, 5.74) is 1.97. The maximum Gasteiger partial charge on any atom is 0.137 e. The summed E-state index contributed by atoms with van der Waals surface area (Å²) in [5.74, 6) is 0.844. The van der Waals surface area contributed by atoms with Crippen molar-refractivity contribution in [3.05, 3.63) is 36.7 Å². The van der Waals surface area contributed by atoms with Gasteiger partial charge < -0.3 is 9.72 Å². The molecule has 3 heteroatoms. The van der Waals surface area contributed by atoms with Crippen molar-refractivity contribution in [3.63, 3.8) is 0 Å². The molecule has 0 saturated carbocycles. The standard InChI is InChI=1S/C14H18N2O/c1-2-3-4-10-17-12-7-8-14(16-11-12)13-6-5-9-15-13/h5-9,11,15H,2-4,10H2,1H3. The summed E-state index contributed by atoms with van der Waals surface area (Å²) >= 11 is 0. The molecule has 0 atom stereocenters. The van der Waals surface area contributed by atoms with Gasteiger partial charge in [-0.15, -0.1) is 0 Å². The lowest BCUT2D eigenvalue weighted by atomic mass is 10.2. The van der Waals surface area contributed by atoms with E-state index >= 15 is 0 Å². The van der Waals surface area contributed by atoms with E-state index in [2.05, 4.69) is 16.9 Å². The van der Waals surface area contributed by atoms with Crippen molar-refractivity contribution in [2.24, 2.45) is 0 Å². The second kappa shape index (κ2) is 6.09. The molecule has 2 heterocycles. The van der Waals surface area contributed by atoms with Crippen LogP contribution in [0.3, 0.4) is 0 Å². The molecule has 0 fully saturated rings. The van der Waals surface area contributed by atoms with E-state index in [4.69, 9.17) is 4.74 Å². The van der Waals surface area contributed by atoms with Crippen molar-refractivity contribution in [2.75, 3.05) is 6.61 Å². The number of rotatable bonds is 6. The summed E-state index contributed by atoms with van der Waals surface area (Å²) in [6.45, 7) is 2.96. The second-order valence-electron chi connectivity index (χ2n) is 4.02. The molecular formula is C14H18N2O. The number of ether oxygens (including phenoxy) is 1. The molecule has 0 aromatic carbocycles. The number of hydrogen-bond donors (Lipinski definition) is 1. The molecular weight excluding hydrogens is 212 g/mol. The molecule has 2 aromatic heterocycles. The summed E-state index contributed by atoms with van der Waals surface area (Å²) in [4.78, 5) is 7.49. The minimum atomic E-state index is 0.775. The predicted molar refractivity (Wildman–Crippen MR) is 69.0 cm³/mol. The minimum absolute atomic E-state index is 0.775. The van der Waals surface area contributed by atoms with Crippen molar-refractivity contribution < 1.29 is 4.74 Å². The Hall–Kier alpha value is -1.77. The molecule has 0 aliphatic carbocycles. The van der Waals surface area contributed by atoms with Crippen LogP contribution in [0.1, 0.15) is 26.2 Å². The number of H-pyrrole nitrogens is 1. The van der Waals surface area contributed by atoms with Gasteiger partial charge in [-0.3, -0.25) is 4.98 Å². The first-order valence-electron chi connectivity index (χ1n) is 6.13. The van der Waals surface area contributed by atoms with Crippen LogP contribution >= 0.6 is 0 Å². The SMILES string of the molecule is CCCCCOc1ccc(-c2ccc[nH]2)nc1. The van der Waals surface area contributed by atoms with Gasteiger partial charge in [0.15, 0.2) is 0 Å². The van der Waals surface area contributed by atoms with Crippen molar-refractivity contribution in [1.82, 2.24) is 9.97 Å². The molecule has 0 aliphatic rings. The lowest BCUT2D eigenvalue weighted by Crippen LogP contribution is -1.97. The van der Waals surface area contributed by atoms with Gasteiger partial charge in [0.25, 0.3) is 0 Å². The molecule has 2 rings (SSSR count). The van der Waals surface area contributed by atoms with Gasteiger partial charge in [-0.2, -0.15) is 0 Å². The Kier molecular flexibility index (Phi) is 4.19. The number of aromatic amines is 1. The lowest BCUT2D eigenvalue weighted by Gasteiger charge is -2.05. The number of nitrogens with one attached hydrogen (secondary N) is 1. The van der Waals surface area contributed by atoms with E-state index in [0.29, 0.717) is 0 Å². The Bertz CT molecular complexity index is 420. The maximum absolute atomic E-state index is 5.61. The Morgan fingerprint density at radius 2 is 2.18 bits per heavy atom. The van der Waals surface area contributed by atoms with Crippen molar-refractivity contribution in [1.29, 1.82) is 0 Å². The summed E-state index contributed by atoms with van der Waals surface area (Å²) in [6.07, 6.45) is 7.21. The first-order chi connectivity index (χ1) is 8.40. The van der Waals surface area contributed by atoms with Crippen molar-refractivity contribution in [2.45, 2.75) is 26.2 Å². The van der Waals surface area contributed by atoms with Gasteiger partial charge in [0, 0.05) is 6.20 Å². The molecule has 1 N–H and O–H groups in total. The van der Waals surface area contributed by atoms with Crippen LogP contribution < -0.4 is 4.74 Å². The molecule has 0 spiro atoms. The van der Waals surface area contributed by atoms with Crippen LogP contribution in [0.15, 0.2) is 36.7 Å². The largest absolute Gasteiger partial charge is 0.492 e. The first-order valence-corrected chi connectivity index (χ1v) is 6.13. The highest BCUT2D eigenvalue weighted by Gasteiger charge is 2.00. The molecule has 90 valence electrons. The van der Waals surface area contributed by atoms with E-state index in [1.165, 1.54) is 12.8 Å². The van der Waals surface area contributed by atoms with Gasteiger partial charge >= 0.3 is 0 Å². The molecule has 0 aliphatic heterocycles. The highest BCUT2D eigenvalue weighted by Crippen LogP contribution is 2.17. The van der Waals surface area contributed by atoms with Crippen LogP contribution in [-0.4, -0.2) is 16.6 Å². The molecule has 2 aromatic rings. The summed E-state index contributed by atoms with van der Waals surface area (Å²) < 4.78 is 5.61. The average Bonchev–Trinajstić information content (AvgIpc) is 2.89. The fourth-order valence-electron chi connectivity index (χ4n) is 1.66. The zero-order valence-corrected chi connectivity index (χ0v) is 10.1. The number of unbranched alkanes of at least 4 members (excludes halogenated alkanes) is 2. The number of aromatic nitrogens is 2. The van der Waals surface area contributed by atoms with E-state index in [0.717, 1.165) is 30.2 Å². The topological polar surface area (TPSA) is 37.9 Å². The minimum Gasteiger partial charge on any atom is -0.492 e. The first kappa shape index (κ1) is 11.7. The average molecular weight is 230 g/mol. The highest BCUT2D eigenvalue weighted by molar-refractivity contribution is 5.54. The molecule has 0 radical (unpaired) electrons. The normalized spacial score (nSPS) is 10.4. The van der Waals surface area contributed by atoms with Gasteiger partial charge in [-0.1, -0.05) is 19.8 Å². The fraction of sp³-hybridized carbons (Fsp3) is 0.357. The van der Waals surface area contributed by atoms with Gasteiger partial charge in [0.2, 0.25) is 0 Å². The fourth-order valence-corrected chi connectivity index (χ4v) is 1.66. The number of pyridine rings is 1. The molecule has 17 heavy (non-hydrogen) atoms. The van der Waals surface area contributed by atoms with Gasteiger partial charge in [0.05, 0.1) is 24.2 Å². The molecule has 0 saturated heterocycles. The Morgan fingerprint density at radius 3 is 2.82 bits per heavy atom. The second-order valence-corrected chi connectivity index (χ2v) is 4.02.